The molecule has 0 aliphatic carbocycles. The minimum absolute atomic E-state index is 0.649. The van der Waals surface area contributed by atoms with Crippen LogP contribution in [0.25, 0.3) is 0 Å². The summed E-state index contributed by atoms with van der Waals surface area (Å²) in [5, 5.41) is 3.29. The van der Waals surface area contributed by atoms with E-state index < -0.39 is 0 Å². The van der Waals surface area contributed by atoms with E-state index in [9.17, 15) is 0 Å². The number of imidazole rings is 1. The maximum Gasteiger partial charge on any atom is 0.207 e. The molecule has 0 atom stereocenters. The first kappa shape index (κ1) is 13.4. The summed E-state index contributed by atoms with van der Waals surface area (Å²) in [6.45, 7) is 3.38. The number of benzene rings is 1. The van der Waals surface area contributed by atoms with Crippen molar-refractivity contribution in [2.24, 2.45) is 0 Å². The molecule has 1 N–H and O–H groups in total. The van der Waals surface area contributed by atoms with Crippen molar-refractivity contribution < 1.29 is 9.47 Å². The number of hydrogen-bond acceptors (Lipinski definition) is 4. The molecule has 0 bridgehead atoms. The highest BCUT2D eigenvalue weighted by atomic mass is 16.5. The van der Waals surface area contributed by atoms with Crippen LogP contribution in [0.5, 0.6) is 5.75 Å². The maximum absolute atomic E-state index is 5.32. The van der Waals surface area contributed by atoms with Gasteiger partial charge in [-0.25, -0.2) is 4.98 Å². The number of aromatic nitrogens is 2. The van der Waals surface area contributed by atoms with Crippen LogP contribution in [0.3, 0.4) is 0 Å². The third kappa shape index (κ3) is 3.26. The highest BCUT2D eigenvalue weighted by molar-refractivity contribution is 5.62. The fraction of sp³-hybridized carbons (Fsp3) is 0.357. The summed E-state index contributed by atoms with van der Waals surface area (Å²) >= 11 is 0. The van der Waals surface area contributed by atoms with Gasteiger partial charge in [-0.3, -0.25) is 0 Å². The lowest BCUT2D eigenvalue weighted by molar-refractivity contribution is 0.188. The summed E-state index contributed by atoms with van der Waals surface area (Å²) in [6.07, 6.45) is 2.00. The van der Waals surface area contributed by atoms with Gasteiger partial charge in [0, 0.05) is 19.9 Å². The van der Waals surface area contributed by atoms with E-state index in [0.29, 0.717) is 6.61 Å². The largest absolute Gasteiger partial charge is 0.495 e. The Bertz CT molecular complexity index is 537. The molecular formula is C14H19N3O2. The van der Waals surface area contributed by atoms with Crippen LogP contribution in [-0.2, 0) is 11.3 Å². The zero-order chi connectivity index (χ0) is 13.7. The van der Waals surface area contributed by atoms with Crippen LogP contribution < -0.4 is 10.1 Å². The monoisotopic (exact) mass is 261 g/mol. The van der Waals surface area contributed by atoms with Gasteiger partial charge in [0.2, 0.25) is 5.95 Å². The van der Waals surface area contributed by atoms with Gasteiger partial charge >= 0.3 is 0 Å². The molecule has 0 fully saturated rings. The normalized spacial score (nSPS) is 10.5. The van der Waals surface area contributed by atoms with Crippen molar-refractivity contribution in [1.82, 2.24) is 9.55 Å². The van der Waals surface area contributed by atoms with E-state index in [1.807, 2.05) is 42.0 Å². The predicted octanol–water partition coefficient (Wildman–Crippen LogP) is 2.59. The lowest BCUT2D eigenvalue weighted by Gasteiger charge is -2.12. The first-order valence-corrected chi connectivity index (χ1v) is 6.17. The number of rotatable bonds is 6. The second kappa shape index (κ2) is 6.24. The molecule has 2 aromatic rings. The molecule has 2 rings (SSSR count). The van der Waals surface area contributed by atoms with Crippen LogP contribution in [0.2, 0.25) is 0 Å². The highest BCUT2D eigenvalue weighted by Crippen LogP contribution is 2.26. The van der Waals surface area contributed by atoms with Crippen LogP contribution in [-0.4, -0.2) is 30.4 Å². The Morgan fingerprint density at radius 3 is 2.79 bits per heavy atom. The van der Waals surface area contributed by atoms with Gasteiger partial charge in [0.05, 0.1) is 25.1 Å². The molecule has 0 saturated heterocycles. The number of hydrogen-bond donors (Lipinski definition) is 1. The van der Waals surface area contributed by atoms with E-state index in [4.69, 9.17) is 9.47 Å². The summed E-state index contributed by atoms with van der Waals surface area (Å²) in [5.74, 6) is 1.58. The standard InChI is InChI=1S/C14H19N3O2/c1-11-10-17(8-9-18-2)14(15-11)16-12-6-4-5-7-13(12)19-3/h4-7,10H,8-9H2,1-3H3,(H,15,16). The summed E-state index contributed by atoms with van der Waals surface area (Å²) in [6, 6.07) is 7.77. The first-order valence-electron chi connectivity index (χ1n) is 6.17. The average molecular weight is 261 g/mol. The molecular weight excluding hydrogens is 242 g/mol. The summed E-state index contributed by atoms with van der Waals surface area (Å²) < 4.78 is 12.5. The quantitative estimate of drug-likeness (QED) is 0.868. The SMILES string of the molecule is COCCn1cc(C)nc1Nc1ccccc1OC. The molecule has 0 unspecified atom stereocenters. The van der Waals surface area contributed by atoms with E-state index in [2.05, 4.69) is 10.3 Å². The molecule has 0 spiro atoms. The molecule has 19 heavy (non-hydrogen) atoms. The number of nitrogens with zero attached hydrogens (tertiary/aromatic N) is 2. The van der Waals surface area contributed by atoms with Gasteiger partial charge in [0.1, 0.15) is 5.75 Å². The molecule has 5 heteroatoms. The molecule has 1 aromatic heterocycles. The second-order valence-electron chi connectivity index (χ2n) is 4.22. The van der Waals surface area contributed by atoms with E-state index in [1.54, 1.807) is 14.2 Å². The summed E-state index contributed by atoms with van der Waals surface area (Å²) in [4.78, 5) is 4.47. The third-order valence-corrected chi connectivity index (χ3v) is 2.79. The molecule has 0 amide bonds. The smallest absolute Gasteiger partial charge is 0.207 e. The van der Waals surface area contributed by atoms with Crippen molar-refractivity contribution in [3.63, 3.8) is 0 Å². The minimum atomic E-state index is 0.649. The maximum atomic E-state index is 5.32. The third-order valence-electron chi connectivity index (χ3n) is 2.79. The van der Waals surface area contributed by atoms with Crippen LogP contribution in [0.15, 0.2) is 30.5 Å². The van der Waals surface area contributed by atoms with E-state index in [1.165, 1.54) is 0 Å². The molecule has 102 valence electrons. The van der Waals surface area contributed by atoms with Gasteiger partial charge in [0.15, 0.2) is 0 Å². The van der Waals surface area contributed by atoms with Crippen molar-refractivity contribution in [2.45, 2.75) is 13.5 Å². The Morgan fingerprint density at radius 1 is 1.26 bits per heavy atom. The summed E-state index contributed by atoms with van der Waals surface area (Å²) in [7, 11) is 3.35. The van der Waals surface area contributed by atoms with Gasteiger partial charge in [0.25, 0.3) is 0 Å². The zero-order valence-corrected chi connectivity index (χ0v) is 11.5. The van der Waals surface area contributed by atoms with Gasteiger partial charge in [-0.1, -0.05) is 12.1 Å². The summed E-state index contributed by atoms with van der Waals surface area (Å²) in [5.41, 5.74) is 1.86. The molecule has 0 saturated carbocycles. The van der Waals surface area contributed by atoms with Crippen molar-refractivity contribution in [3.8, 4) is 5.75 Å². The number of methoxy groups -OCH3 is 2. The number of aryl methyl sites for hydroxylation is 1. The minimum Gasteiger partial charge on any atom is -0.495 e. The Hall–Kier alpha value is -2.01. The second-order valence-corrected chi connectivity index (χ2v) is 4.22. The zero-order valence-electron chi connectivity index (χ0n) is 11.5. The van der Waals surface area contributed by atoms with Gasteiger partial charge in [-0.15, -0.1) is 0 Å². The Labute approximate surface area is 113 Å². The number of nitrogens with one attached hydrogen (secondary N) is 1. The van der Waals surface area contributed by atoms with E-state index >= 15 is 0 Å². The van der Waals surface area contributed by atoms with Crippen LogP contribution in [0, 0.1) is 6.92 Å². The lowest BCUT2D eigenvalue weighted by Crippen LogP contribution is -2.07. The fourth-order valence-corrected chi connectivity index (χ4v) is 1.88. The predicted molar refractivity (Wildman–Crippen MR) is 75.1 cm³/mol. The van der Waals surface area contributed by atoms with E-state index in [-0.39, 0.29) is 0 Å². The van der Waals surface area contributed by atoms with Crippen molar-refractivity contribution in [3.05, 3.63) is 36.2 Å². The average Bonchev–Trinajstić information content (AvgIpc) is 2.77. The molecule has 5 nitrogen and oxygen atoms in total. The van der Waals surface area contributed by atoms with Gasteiger partial charge in [-0.05, 0) is 19.1 Å². The Balaban J connectivity index is 2.22. The van der Waals surface area contributed by atoms with Crippen LogP contribution >= 0.6 is 0 Å². The number of anilines is 2. The Morgan fingerprint density at radius 2 is 2.05 bits per heavy atom. The molecule has 0 radical (unpaired) electrons. The van der Waals surface area contributed by atoms with Crippen molar-refractivity contribution in [1.29, 1.82) is 0 Å². The number of ether oxygens (including phenoxy) is 2. The van der Waals surface area contributed by atoms with Crippen LogP contribution in [0.4, 0.5) is 11.6 Å². The highest BCUT2D eigenvalue weighted by Gasteiger charge is 2.08. The molecule has 0 aliphatic rings. The molecule has 1 heterocycles. The molecule has 1 aromatic carbocycles. The van der Waals surface area contributed by atoms with E-state index in [0.717, 1.165) is 29.6 Å². The molecule has 0 aliphatic heterocycles. The Kier molecular flexibility index (Phi) is 4.41. The van der Waals surface area contributed by atoms with Gasteiger partial charge in [-0.2, -0.15) is 0 Å². The fourth-order valence-electron chi connectivity index (χ4n) is 1.88. The van der Waals surface area contributed by atoms with Crippen LogP contribution in [0.1, 0.15) is 5.69 Å². The lowest BCUT2D eigenvalue weighted by atomic mass is 10.3. The topological polar surface area (TPSA) is 48.3 Å². The van der Waals surface area contributed by atoms with Gasteiger partial charge < -0.3 is 19.4 Å². The van der Waals surface area contributed by atoms with Crippen molar-refractivity contribution in [2.75, 3.05) is 26.1 Å². The van der Waals surface area contributed by atoms with Crippen molar-refractivity contribution >= 4 is 11.6 Å². The first-order chi connectivity index (χ1) is 9.24. The number of para-hydroxylation sites is 2.